The second-order valence-electron chi connectivity index (χ2n) is 9.99. The zero-order valence-electron chi connectivity index (χ0n) is 23.0. The Kier molecular flexibility index (Phi) is 9.54. The number of nitrogens with one attached hydrogen (secondary N) is 2. The maximum Gasteiger partial charge on any atom is 0.323 e. The number of anilines is 2. The van der Waals surface area contributed by atoms with Crippen molar-refractivity contribution in [2.75, 3.05) is 37.4 Å². The Morgan fingerprint density at radius 3 is 2.44 bits per heavy atom. The molecule has 0 spiro atoms. The fourth-order valence-corrected chi connectivity index (χ4v) is 5.81. The van der Waals surface area contributed by atoms with Gasteiger partial charge >= 0.3 is 6.03 Å². The number of carbonyl (C=O) groups excluding carboxylic acids is 2. The Balaban J connectivity index is 1.68. The van der Waals surface area contributed by atoms with Gasteiger partial charge in [0.15, 0.2) is 5.75 Å². The van der Waals surface area contributed by atoms with E-state index in [0.29, 0.717) is 10.7 Å². The van der Waals surface area contributed by atoms with Gasteiger partial charge in [-0.15, -0.1) is 0 Å². The minimum Gasteiger partial charge on any atom is -0.486 e. The summed E-state index contributed by atoms with van der Waals surface area (Å²) in [6.07, 6.45) is -0.720. The molecule has 0 saturated carbocycles. The second kappa shape index (κ2) is 12.9. The quantitative estimate of drug-likeness (QED) is 0.349. The smallest absolute Gasteiger partial charge is 0.323 e. The molecule has 3 aromatic carbocycles. The van der Waals surface area contributed by atoms with E-state index >= 15 is 0 Å². The van der Waals surface area contributed by atoms with Crippen LogP contribution >= 0.6 is 11.6 Å². The van der Waals surface area contributed by atoms with Gasteiger partial charge in [0.1, 0.15) is 6.10 Å². The number of amides is 3. The molecule has 3 atom stereocenters. The van der Waals surface area contributed by atoms with Crippen LogP contribution in [0.15, 0.2) is 77.7 Å². The maximum atomic E-state index is 13.7. The van der Waals surface area contributed by atoms with Gasteiger partial charge in [0.2, 0.25) is 10.0 Å². The summed E-state index contributed by atoms with van der Waals surface area (Å²) in [5.74, 6) is -0.610. The molecule has 0 bridgehead atoms. The molecular weight excluding hydrogens is 568 g/mol. The highest BCUT2D eigenvalue weighted by Gasteiger charge is 2.36. The summed E-state index contributed by atoms with van der Waals surface area (Å²) in [4.78, 5) is 28.1. The van der Waals surface area contributed by atoms with E-state index < -0.39 is 28.2 Å². The molecule has 1 heterocycles. The van der Waals surface area contributed by atoms with E-state index in [2.05, 4.69) is 10.6 Å². The van der Waals surface area contributed by atoms with E-state index in [1.807, 2.05) is 13.0 Å². The minimum absolute atomic E-state index is 0.0500. The Labute approximate surface area is 244 Å². The lowest BCUT2D eigenvalue weighted by Crippen LogP contribution is -2.50. The number of hydrogen-bond acceptors (Lipinski definition) is 6. The van der Waals surface area contributed by atoms with Crippen LogP contribution in [0.3, 0.4) is 0 Å². The van der Waals surface area contributed by atoms with Crippen LogP contribution in [-0.2, 0) is 10.0 Å². The largest absolute Gasteiger partial charge is 0.486 e. The van der Waals surface area contributed by atoms with Crippen molar-refractivity contribution < 1.29 is 27.9 Å². The highest BCUT2D eigenvalue weighted by atomic mass is 35.5. The van der Waals surface area contributed by atoms with Crippen molar-refractivity contribution in [2.24, 2.45) is 5.92 Å². The number of ether oxygens (including phenoxy) is 1. The van der Waals surface area contributed by atoms with Gasteiger partial charge in [0.25, 0.3) is 5.91 Å². The van der Waals surface area contributed by atoms with Crippen LogP contribution in [0.25, 0.3) is 0 Å². The van der Waals surface area contributed by atoms with Crippen molar-refractivity contribution in [1.29, 1.82) is 0 Å². The first-order valence-corrected chi connectivity index (χ1v) is 14.9. The average Bonchev–Trinajstić information content (AvgIpc) is 2.95. The molecule has 3 aromatic rings. The third kappa shape index (κ3) is 6.99. The average molecular weight is 601 g/mol. The number of carbonyl (C=O) groups is 2. The summed E-state index contributed by atoms with van der Waals surface area (Å²) in [5, 5.41) is 15.8. The molecule has 0 saturated heterocycles. The second-order valence-corrected chi connectivity index (χ2v) is 12.5. The molecule has 0 aliphatic carbocycles. The molecule has 218 valence electrons. The van der Waals surface area contributed by atoms with Crippen LogP contribution in [0.4, 0.5) is 16.2 Å². The van der Waals surface area contributed by atoms with Crippen molar-refractivity contribution >= 4 is 44.9 Å². The third-order valence-electron chi connectivity index (χ3n) is 6.93. The van der Waals surface area contributed by atoms with Crippen LogP contribution in [-0.4, -0.2) is 73.6 Å². The number of fused-ring (bicyclic) bond motifs is 1. The first-order valence-electron chi connectivity index (χ1n) is 13.1. The van der Waals surface area contributed by atoms with Gasteiger partial charge in [-0.3, -0.25) is 4.79 Å². The minimum atomic E-state index is -3.89. The molecular formula is C29H33ClN4O6S. The number of sulfonamides is 1. The number of benzene rings is 3. The molecule has 1 aliphatic rings. The lowest BCUT2D eigenvalue weighted by atomic mass is 9.99. The van der Waals surface area contributed by atoms with Gasteiger partial charge < -0.3 is 25.4 Å². The standard InChI is InChI=1S/C29H33ClN4O6S/c1-19-16-34(20(2)18-35)28(36)24-10-7-11-25(32-29(37)31-22-8-5-4-6-9-22)27(24)40-26(19)17-33(3)41(38,39)23-14-12-21(30)13-15-23/h4-15,19-20,26,35H,16-18H2,1-3H3,(H2,31,32,37). The van der Waals surface area contributed by atoms with Gasteiger partial charge in [0, 0.05) is 30.2 Å². The van der Waals surface area contributed by atoms with Gasteiger partial charge in [-0.1, -0.05) is 42.8 Å². The summed E-state index contributed by atoms with van der Waals surface area (Å²) in [5.41, 5.74) is 0.996. The van der Waals surface area contributed by atoms with Crippen LogP contribution in [0, 0.1) is 5.92 Å². The number of nitrogens with zero attached hydrogens (tertiary/aromatic N) is 2. The zero-order chi connectivity index (χ0) is 29.7. The number of likely N-dealkylation sites (N-methyl/N-ethyl adjacent to an activating group) is 1. The van der Waals surface area contributed by atoms with Crippen molar-refractivity contribution in [3.8, 4) is 5.75 Å². The monoisotopic (exact) mass is 600 g/mol. The Morgan fingerprint density at radius 2 is 1.78 bits per heavy atom. The molecule has 3 N–H and O–H groups in total. The first kappa shape index (κ1) is 30.3. The molecule has 1 aliphatic heterocycles. The SMILES string of the molecule is CC1CN(C(C)CO)C(=O)c2cccc(NC(=O)Nc3ccccc3)c2OC1CN(C)S(=O)(=O)c1ccc(Cl)cc1. The van der Waals surface area contributed by atoms with Gasteiger partial charge in [-0.05, 0) is 55.5 Å². The molecule has 12 heteroatoms. The number of aliphatic hydroxyl groups is 1. The lowest BCUT2D eigenvalue weighted by Gasteiger charge is -2.38. The van der Waals surface area contributed by atoms with Gasteiger partial charge in [-0.2, -0.15) is 4.31 Å². The fourth-order valence-electron chi connectivity index (χ4n) is 4.50. The van der Waals surface area contributed by atoms with Gasteiger partial charge in [0.05, 0.1) is 35.3 Å². The van der Waals surface area contributed by atoms with Crippen molar-refractivity contribution in [1.82, 2.24) is 9.21 Å². The number of para-hydroxylation sites is 2. The highest BCUT2D eigenvalue weighted by molar-refractivity contribution is 7.89. The van der Waals surface area contributed by atoms with Gasteiger partial charge in [-0.25, -0.2) is 13.2 Å². The summed E-state index contributed by atoms with van der Waals surface area (Å²) in [6.45, 7) is 3.48. The van der Waals surface area contributed by atoms with Crippen molar-refractivity contribution in [3.63, 3.8) is 0 Å². The van der Waals surface area contributed by atoms with Crippen LogP contribution in [0.5, 0.6) is 5.75 Å². The molecule has 10 nitrogen and oxygen atoms in total. The van der Waals surface area contributed by atoms with Crippen LogP contribution in [0.2, 0.25) is 5.02 Å². The molecule has 0 fully saturated rings. The molecule has 0 aromatic heterocycles. The fraction of sp³-hybridized carbons (Fsp3) is 0.310. The van der Waals surface area contributed by atoms with Crippen molar-refractivity contribution in [3.05, 3.63) is 83.4 Å². The molecule has 3 amide bonds. The first-order chi connectivity index (χ1) is 19.5. The van der Waals surface area contributed by atoms with Crippen LogP contribution in [0.1, 0.15) is 24.2 Å². The van der Waals surface area contributed by atoms with E-state index in [4.69, 9.17) is 16.3 Å². The highest BCUT2D eigenvalue weighted by Crippen LogP contribution is 2.35. The number of halogens is 1. The number of rotatable bonds is 8. The molecule has 3 unspecified atom stereocenters. The van der Waals surface area contributed by atoms with E-state index in [9.17, 15) is 23.1 Å². The Morgan fingerprint density at radius 1 is 1.10 bits per heavy atom. The maximum absolute atomic E-state index is 13.7. The normalized spacial score (nSPS) is 18.1. The summed E-state index contributed by atoms with van der Waals surface area (Å²) >= 11 is 5.94. The Hall–Kier alpha value is -3.64. The van der Waals surface area contributed by atoms with E-state index in [1.165, 1.54) is 35.6 Å². The topological polar surface area (TPSA) is 128 Å². The summed E-state index contributed by atoms with van der Waals surface area (Å²) in [6, 6.07) is 18.5. The molecule has 0 radical (unpaired) electrons. The predicted octanol–water partition coefficient (Wildman–Crippen LogP) is 4.52. The van der Waals surface area contributed by atoms with Crippen molar-refractivity contribution in [2.45, 2.75) is 30.9 Å². The lowest BCUT2D eigenvalue weighted by molar-refractivity contribution is 0.0389. The molecule has 4 rings (SSSR count). The zero-order valence-corrected chi connectivity index (χ0v) is 24.5. The predicted molar refractivity (Wildman–Crippen MR) is 158 cm³/mol. The number of hydrogen-bond donors (Lipinski definition) is 3. The van der Waals surface area contributed by atoms with Crippen LogP contribution < -0.4 is 15.4 Å². The molecule has 41 heavy (non-hydrogen) atoms. The van der Waals surface area contributed by atoms with E-state index in [1.54, 1.807) is 54.3 Å². The number of urea groups is 1. The summed E-state index contributed by atoms with van der Waals surface area (Å²) in [7, 11) is -2.44. The Bertz CT molecular complexity index is 1490. The third-order valence-corrected chi connectivity index (χ3v) is 9.02. The summed E-state index contributed by atoms with van der Waals surface area (Å²) < 4.78 is 34.3. The van der Waals surface area contributed by atoms with E-state index in [-0.39, 0.29) is 53.4 Å². The number of aliphatic hydroxyl groups excluding tert-OH is 1. The van der Waals surface area contributed by atoms with E-state index in [0.717, 1.165) is 0 Å².